The van der Waals surface area contributed by atoms with Gasteiger partial charge in [0.25, 0.3) is 0 Å². The van der Waals surface area contributed by atoms with Crippen LogP contribution in [0.1, 0.15) is 11.1 Å². The number of thiocarbonyl (C=S) groups is 1. The second kappa shape index (κ2) is 8.51. The molecule has 4 N–H and O–H groups in total. The molecule has 1 saturated heterocycles. The van der Waals surface area contributed by atoms with Gasteiger partial charge in [-0.2, -0.15) is 0 Å². The number of carboxylic acids is 1. The molecule has 2 atom stereocenters. The van der Waals surface area contributed by atoms with Gasteiger partial charge in [0, 0.05) is 0 Å². The van der Waals surface area contributed by atoms with E-state index in [4.69, 9.17) is 27.8 Å². The molecule has 3 rings (SSSR count). The smallest absolute Gasteiger partial charge is 0.320 e. The Labute approximate surface area is 166 Å². The number of carbonyl (C=O) groups excluding carboxylic acids is 1. The van der Waals surface area contributed by atoms with Gasteiger partial charge in [-0.3, -0.25) is 9.59 Å². The Hall–Kier alpha value is -2.42. The Morgan fingerprint density at radius 3 is 2.19 bits per heavy atom. The van der Waals surface area contributed by atoms with Crippen molar-refractivity contribution in [2.24, 2.45) is 5.73 Å². The first-order valence-electron chi connectivity index (χ1n) is 8.26. The lowest BCUT2D eigenvalue weighted by Gasteiger charge is -2.10. The standard InChI is InChI=1S/C19H18N2O4S2/c20-15(18(23)24)9-11-1-5-13(6-2-11)25-14-7-3-12(4-8-14)10-16-17(22)21-19(26)27-16/h1-8,15-16H,9-10,20H2,(H,23,24)(H,21,22,26). The van der Waals surface area contributed by atoms with Gasteiger partial charge in [-0.1, -0.05) is 48.2 Å². The highest BCUT2D eigenvalue weighted by molar-refractivity contribution is 8.24. The molecule has 140 valence electrons. The van der Waals surface area contributed by atoms with Crippen LogP contribution in [0.4, 0.5) is 0 Å². The van der Waals surface area contributed by atoms with Crippen LogP contribution in [0, 0.1) is 0 Å². The molecule has 1 aliphatic heterocycles. The summed E-state index contributed by atoms with van der Waals surface area (Å²) in [4.78, 5) is 22.5. The summed E-state index contributed by atoms with van der Waals surface area (Å²) in [5, 5.41) is 11.3. The van der Waals surface area contributed by atoms with Crippen LogP contribution in [0.3, 0.4) is 0 Å². The Kier molecular flexibility index (Phi) is 6.10. The fraction of sp³-hybridized carbons (Fsp3) is 0.211. The second-order valence-corrected chi connectivity index (χ2v) is 8.01. The normalized spacial score (nSPS) is 17.4. The van der Waals surface area contributed by atoms with Crippen LogP contribution in [-0.4, -0.2) is 32.6 Å². The minimum atomic E-state index is -1.02. The summed E-state index contributed by atoms with van der Waals surface area (Å²) in [7, 11) is 0. The molecule has 0 spiro atoms. The number of ether oxygens (including phenoxy) is 1. The number of hydrogen-bond donors (Lipinski definition) is 3. The van der Waals surface area contributed by atoms with Crippen LogP contribution >= 0.6 is 24.0 Å². The number of rotatable bonds is 7. The zero-order valence-corrected chi connectivity index (χ0v) is 15.9. The number of nitrogens with two attached hydrogens (primary N) is 1. The van der Waals surface area contributed by atoms with Gasteiger partial charge in [0.15, 0.2) is 0 Å². The van der Waals surface area contributed by atoms with Gasteiger partial charge in [0.1, 0.15) is 21.9 Å². The monoisotopic (exact) mass is 402 g/mol. The van der Waals surface area contributed by atoms with Crippen LogP contribution < -0.4 is 15.8 Å². The molecule has 2 aromatic carbocycles. The average molecular weight is 402 g/mol. The van der Waals surface area contributed by atoms with Crippen LogP contribution in [0.25, 0.3) is 0 Å². The van der Waals surface area contributed by atoms with E-state index in [-0.39, 0.29) is 17.6 Å². The molecule has 0 aliphatic carbocycles. The summed E-state index contributed by atoms with van der Waals surface area (Å²) in [5.41, 5.74) is 7.39. The van der Waals surface area contributed by atoms with Gasteiger partial charge in [0.2, 0.25) is 5.91 Å². The lowest BCUT2D eigenvalue weighted by atomic mass is 10.1. The van der Waals surface area contributed by atoms with E-state index in [0.717, 1.165) is 11.1 Å². The Balaban J connectivity index is 1.57. The summed E-state index contributed by atoms with van der Waals surface area (Å²) >= 11 is 6.38. The number of amides is 1. The first-order chi connectivity index (χ1) is 12.9. The third-order valence-electron chi connectivity index (χ3n) is 4.04. The largest absolute Gasteiger partial charge is 0.480 e. The third kappa shape index (κ3) is 5.29. The zero-order valence-electron chi connectivity index (χ0n) is 14.3. The van der Waals surface area contributed by atoms with Crippen LogP contribution in [0.2, 0.25) is 0 Å². The second-order valence-electron chi connectivity index (χ2n) is 6.13. The highest BCUT2D eigenvalue weighted by atomic mass is 32.2. The maximum absolute atomic E-state index is 11.7. The number of aliphatic carboxylic acids is 1. The molecule has 2 unspecified atom stereocenters. The van der Waals surface area contributed by atoms with Crippen molar-refractivity contribution in [3.8, 4) is 11.5 Å². The average Bonchev–Trinajstić information content (AvgIpc) is 2.95. The number of carboxylic acid groups (broad SMARTS) is 1. The van der Waals surface area contributed by atoms with Crippen molar-refractivity contribution in [1.82, 2.24) is 5.32 Å². The van der Waals surface area contributed by atoms with Crippen molar-refractivity contribution in [1.29, 1.82) is 0 Å². The number of nitrogens with one attached hydrogen (secondary N) is 1. The van der Waals surface area contributed by atoms with E-state index in [2.05, 4.69) is 5.32 Å². The molecule has 1 fully saturated rings. The first kappa shape index (κ1) is 19.3. The molecule has 2 aromatic rings. The molecule has 0 radical (unpaired) electrons. The fourth-order valence-electron chi connectivity index (χ4n) is 2.61. The molecule has 1 heterocycles. The van der Waals surface area contributed by atoms with E-state index in [0.29, 0.717) is 22.2 Å². The summed E-state index contributed by atoms with van der Waals surface area (Å²) in [5.74, 6) is 0.248. The fourth-order valence-corrected chi connectivity index (χ4v) is 3.91. The molecule has 6 nitrogen and oxygen atoms in total. The van der Waals surface area contributed by atoms with Crippen molar-refractivity contribution in [3.05, 3.63) is 59.7 Å². The van der Waals surface area contributed by atoms with Crippen molar-refractivity contribution >= 4 is 40.2 Å². The third-order valence-corrected chi connectivity index (χ3v) is 5.42. The Bertz CT molecular complexity index is 853. The maximum Gasteiger partial charge on any atom is 0.320 e. The summed E-state index contributed by atoms with van der Waals surface area (Å²) in [6.45, 7) is 0. The highest BCUT2D eigenvalue weighted by Gasteiger charge is 2.28. The molecule has 1 aliphatic rings. The van der Waals surface area contributed by atoms with E-state index in [1.807, 2.05) is 24.3 Å². The van der Waals surface area contributed by atoms with Gasteiger partial charge in [-0.25, -0.2) is 0 Å². The minimum absolute atomic E-state index is 0.0481. The molecule has 0 bridgehead atoms. The van der Waals surface area contributed by atoms with E-state index < -0.39 is 12.0 Å². The lowest BCUT2D eigenvalue weighted by molar-refractivity contribution is -0.138. The van der Waals surface area contributed by atoms with Gasteiger partial charge in [-0.05, 0) is 48.2 Å². The molecule has 0 aromatic heterocycles. The highest BCUT2D eigenvalue weighted by Crippen LogP contribution is 2.26. The molecule has 8 heteroatoms. The van der Waals surface area contributed by atoms with Gasteiger partial charge in [0.05, 0.1) is 5.25 Å². The maximum atomic E-state index is 11.7. The van der Waals surface area contributed by atoms with E-state index in [1.54, 1.807) is 24.3 Å². The molecule has 1 amide bonds. The molecule has 0 saturated carbocycles. The predicted molar refractivity (Wildman–Crippen MR) is 108 cm³/mol. The number of thioether (sulfide) groups is 1. The van der Waals surface area contributed by atoms with Gasteiger partial charge in [-0.15, -0.1) is 0 Å². The van der Waals surface area contributed by atoms with Crippen molar-refractivity contribution in [2.75, 3.05) is 0 Å². The number of carbonyl (C=O) groups is 2. The number of hydrogen-bond acceptors (Lipinski definition) is 6. The quantitative estimate of drug-likeness (QED) is 0.612. The first-order valence-corrected chi connectivity index (χ1v) is 9.55. The van der Waals surface area contributed by atoms with E-state index in [1.165, 1.54) is 11.8 Å². The van der Waals surface area contributed by atoms with Gasteiger partial charge < -0.3 is 20.9 Å². The van der Waals surface area contributed by atoms with Crippen LogP contribution in [0.5, 0.6) is 11.5 Å². The van der Waals surface area contributed by atoms with Crippen LogP contribution in [-0.2, 0) is 22.4 Å². The molecular formula is C19H18N2O4S2. The van der Waals surface area contributed by atoms with Crippen molar-refractivity contribution < 1.29 is 19.4 Å². The van der Waals surface area contributed by atoms with Gasteiger partial charge >= 0.3 is 5.97 Å². The lowest BCUT2D eigenvalue weighted by Crippen LogP contribution is -2.32. The zero-order chi connectivity index (χ0) is 19.4. The molecule has 27 heavy (non-hydrogen) atoms. The van der Waals surface area contributed by atoms with E-state index >= 15 is 0 Å². The summed E-state index contributed by atoms with van der Waals surface area (Å²) < 4.78 is 6.32. The summed E-state index contributed by atoms with van der Waals surface area (Å²) in [6.07, 6.45) is 0.871. The summed E-state index contributed by atoms with van der Waals surface area (Å²) in [6, 6.07) is 13.8. The SMILES string of the molecule is NC(Cc1ccc(Oc2ccc(CC3SC(=S)NC3=O)cc2)cc1)C(=O)O. The Morgan fingerprint density at radius 1 is 1.15 bits per heavy atom. The Morgan fingerprint density at radius 2 is 1.70 bits per heavy atom. The van der Waals surface area contributed by atoms with E-state index in [9.17, 15) is 9.59 Å². The predicted octanol–water partition coefficient (Wildman–Crippen LogP) is 2.49. The van der Waals surface area contributed by atoms with Crippen molar-refractivity contribution in [2.45, 2.75) is 24.1 Å². The minimum Gasteiger partial charge on any atom is -0.480 e. The topological polar surface area (TPSA) is 102 Å². The van der Waals surface area contributed by atoms with Crippen molar-refractivity contribution in [3.63, 3.8) is 0 Å². The van der Waals surface area contributed by atoms with Crippen LogP contribution in [0.15, 0.2) is 48.5 Å². The molecular weight excluding hydrogens is 384 g/mol. The number of benzene rings is 2.